The van der Waals surface area contributed by atoms with Gasteiger partial charge in [-0.3, -0.25) is 9.10 Å². The van der Waals surface area contributed by atoms with Crippen molar-refractivity contribution in [1.82, 2.24) is 5.32 Å². The Morgan fingerprint density at radius 2 is 1.83 bits per heavy atom. The Hall–Kier alpha value is -2.34. The summed E-state index contributed by atoms with van der Waals surface area (Å²) in [7, 11) is -3.32. The molecule has 5 nitrogen and oxygen atoms in total. The number of carbonyl (C=O) groups is 1. The molecule has 1 aliphatic rings. The molecule has 1 saturated heterocycles. The number of benzene rings is 2. The lowest BCUT2D eigenvalue weighted by atomic mass is 9.96. The second-order valence-corrected chi connectivity index (χ2v) is 10.2. The van der Waals surface area contributed by atoms with E-state index in [0.717, 1.165) is 24.0 Å². The van der Waals surface area contributed by atoms with Crippen molar-refractivity contribution in [2.24, 2.45) is 5.92 Å². The minimum absolute atomic E-state index is 0.0906. The van der Waals surface area contributed by atoms with Crippen LogP contribution in [0.4, 0.5) is 5.69 Å². The number of rotatable bonds is 6. The van der Waals surface area contributed by atoms with E-state index < -0.39 is 10.0 Å². The first kappa shape index (κ1) is 21.4. The average molecular weight is 415 g/mol. The van der Waals surface area contributed by atoms with Crippen LogP contribution in [0.15, 0.2) is 48.5 Å². The normalized spacial score (nSPS) is 17.2. The molecule has 1 fully saturated rings. The molecule has 156 valence electrons. The van der Waals surface area contributed by atoms with Crippen LogP contribution in [0.25, 0.3) is 0 Å². The lowest BCUT2D eigenvalue weighted by molar-refractivity contribution is 0.0932. The first-order chi connectivity index (χ1) is 13.8. The van der Waals surface area contributed by atoms with E-state index in [9.17, 15) is 13.2 Å². The summed E-state index contributed by atoms with van der Waals surface area (Å²) in [5, 5.41) is 3.14. The van der Waals surface area contributed by atoms with Crippen LogP contribution in [0, 0.1) is 12.8 Å². The van der Waals surface area contributed by atoms with Gasteiger partial charge in [0.25, 0.3) is 5.91 Å². The third-order valence-corrected chi connectivity index (χ3v) is 7.16. The van der Waals surface area contributed by atoms with E-state index in [2.05, 4.69) is 19.2 Å². The van der Waals surface area contributed by atoms with Gasteiger partial charge in [-0.25, -0.2) is 8.42 Å². The third kappa shape index (κ3) is 5.18. The summed E-state index contributed by atoms with van der Waals surface area (Å²) < 4.78 is 26.5. The highest BCUT2D eigenvalue weighted by atomic mass is 32.2. The molecule has 6 heteroatoms. The zero-order chi connectivity index (χ0) is 21.0. The van der Waals surface area contributed by atoms with Crippen LogP contribution in [0.5, 0.6) is 0 Å². The maximum Gasteiger partial charge on any atom is 0.251 e. The molecule has 1 aliphatic heterocycles. The highest BCUT2D eigenvalue weighted by molar-refractivity contribution is 7.92. The minimum Gasteiger partial charge on any atom is -0.345 e. The van der Waals surface area contributed by atoms with Crippen molar-refractivity contribution < 1.29 is 13.2 Å². The van der Waals surface area contributed by atoms with Crippen molar-refractivity contribution in [3.8, 4) is 0 Å². The molecule has 0 bridgehead atoms. The summed E-state index contributed by atoms with van der Waals surface area (Å²) in [5.74, 6) is 0.399. The van der Waals surface area contributed by atoms with Gasteiger partial charge in [-0.15, -0.1) is 0 Å². The summed E-state index contributed by atoms with van der Waals surface area (Å²) in [5.41, 5.74) is 3.02. The number of nitrogens with zero attached hydrogens (tertiary/aromatic N) is 1. The second kappa shape index (κ2) is 8.99. The molecular formula is C23H30N2O3S. The molecule has 1 atom stereocenters. The fourth-order valence-corrected chi connectivity index (χ4v) is 5.45. The molecule has 1 heterocycles. The van der Waals surface area contributed by atoms with E-state index in [4.69, 9.17) is 0 Å². The Bertz CT molecular complexity index is 955. The fourth-order valence-electron chi connectivity index (χ4n) is 3.76. The average Bonchev–Trinajstić information content (AvgIpc) is 2.68. The van der Waals surface area contributed by atoms with Crippen LogP contribution in [-0.4, -0.2) is 26.6 Å². The third-order valence-electron chi connectivity index (χ3n) is 5.30. The van der Waals surface area contributed by atoms with Crippen molar-refractivity contribution in [2.45, 2.75) is 46.1 Å². The number of hydrogen-bond acceptors (Lipinski definition) is 3. The topological polar surface area (TPSA) is 66.5 Å². The number of carbonyl (C=O) groups excluding carboxylic acids is 1. The molecule has 1 amide bonds. The molecule has 0 spiro atoms. The molecule has 0 radical (unpaired) electrons. The zero-order valence-electron chi connectivity index (χ0n) is 17.4. The Morgan fingerprint density at radius 1 is 1.10 bits per heavy atom. The first-order valence-electron chi connectivity index (χ1n) is 10.2. The molecular weight excluding hydrogens is 384 g/mol. The van der Waals surface area contributed by atoms with Gasteiger partial charge in [-0.1, -0.05) is 50.2 Å². The second-order valence-electron chi connectivity index (χ2n) is 8.16. The Morgan fingerprint density at radius 3 is 2.48 bits per heavy atom. The SMILES string of the molecule is Cc1ccc(C(=O)NC(CC(C)C)c2ccccc2)cc1N1CCCCS1(=O)=O. The number of aryl methyl sites for hydroxylation is 1. The Kier molecular flexibility index (Phi) is 6.63. The maximum absolute atomic E-state index is 13.0. The summed E-state index contributed by atoms with van der Waals surface area (Å²) in [6, 6.07) is 15.2. The van der Waals surface area contributed by atoms with Gasteiger partial charge in [0, 0.05) is 12.1 Å². The van der Waals surface area contributed by atoms with Crippen molar-refractivity contribution in [1.29, 1.82) is 0 Å². The van der Waals surface area contributed by atoms with Crippen molar-refractivity contribution in [3.05, 3.63) is 65.2 Å². The lowest BCUT2D eigenvalue weighted by Gasteiger charge is -2.30. The molecule has 2 aromatic carbocycles. The van der Waals surface area contributed by atoms with Gasteiger partial charge in [-0.05, 0) is 55.4 Å². The standard InChI is InChI=1S/C23H30N2O3S/c1-17(2)15-21(19-9-5-4-6-10-19)24-23(26)20-12-11-18(3)22(16-20)25-13-7-8-14-29(25,27)28/h4-6,9-12,16-17,21H,7-8,13-15H2,1-3H3,(H,24,26). The summed E-state index contributed by atoms with van der Waals surface area (Å²) in [4.78, 5) is 13.0. The molecule has 0 aliphatic carbocycles. The molecule has 1 unspecified atom stereocenters. The van der Waals surface area contributed by atoms with Crippen LogP contribution < -0.4 is 9.62 Å². The molecule has 2 aromatic rings. The first-order valence-corrected chi connectivity index (χ1v) is 11.9. The highest BCUT2D eigenvalue weighted by Gasteiger charge is 2.28. The van der Waals surface area contributed by atoms with Crippen LogP contribution in [-0.2, 0) is 10.0 Å². The highest BCUT2D eigenvalue weighted by Crippen LogP contribution is 2.28. The van der Waals surface area contributed by atoms with Crippen LogP contribution in [0.2, 0.25) is 0 Å². The molecule has 29 heavy (non-hydrogen) atoms. The summed E-state index contributed by atoms with van der Waals surface area (Å²) in [6.07, 6.45) is 2.35. The van der Waals surface area contributed by atoms with Gasteiger partial charge in [-0.2, -0.15) is 0 Å². The van der Waals surface area contributed by atoms with E-state index in [-0.39, 0.29) is 17.7 Å². The van der Waals surface area contributed by atoms with Gasteiger partial charge in [0.1, 0.15) is 0 Å². The number of anilines is 1. The van der Waals surface area contributed by atoms with E-state index in [0.29, 0.717) is 30.1 Å². The van der Waals surface area contributed by atoms with Crippen LogP contribution in [0.1, 0.15) is 60.6 Å². The minimum atomic E-state index is -3.32. The van der Waals surface area contributed by atoms with Crippen molar-refractivity contribution in [2.75, 3.05) is 16.6 Å². The van der Waals surface area contributed by atoms with Gasteiger partial charge in [0.2, 0.25) is 10.0 Å². The number of amides is 1. The van der Waals surface area contributed by atoms with Gasteiger partial charge >= 0.3 is 0 Å². The van der Waals surface area contributed by atoms with Crippen LogP contribution in [0.3, 0.4) is 0 Å². The van der Waals surface area contributed by atoms with Crippen molar-refractivity contribution in [3.63, 3.8) is 0 Å². The smallest absolute Gasteiger partial charge is 0.251 e. The van der Waals surface area contributed by atoms with Crippen molar-refractivity contribution >= 4 is 21.6 Å². The maximum atomic E-state index is 13.0. The van der Waals surface area contributed by atoms with E-state index in [1.165, 1.54) is 4.31 Å². The predicted octanol–water partition coefficient (Wildman–Crippen LogP) is 4.44. The van der Waals surface area contributed by atoms with Gasteiger partial charge in [0.05, 0.1) is 17.5 Å². The summed E-state index contributed by atoms with van der Waals surface area (Å²) >= 11 is 0. The number of nitrogens with one attached hydrogen (secondary N) is 1. The largest absolute Gasteiger partial charge is 0.345 e. The van der Waals surface area contributed by atoms with Crippen LogP contribution >= 0.6 is 0 Å². The zero-order valence-corrected chi connectivity index (χ0v) is 18.2. The lowest BCUT2D eigenvalue weighted by Crippen LogP contribution is -2.38. The quantitative estimate of drug-likeness (QED) is 0.760. The van der Waals surface area contributed by atoms with E-state index >= 15 is 0 Å². The molecule has 0 aromatic heterocycles. The van der Waals surface area contributed by atoms with Gasteiger partial charge < -0.3 is 5.32 Å². The predicted molar refractivity (Wildman–Crippen MR) is 118 cm³/mol. The fraction of sp³-hybridized carbons (Fsp3) is 0.435. The molecule has 3 rings (SSSR count). The monoisotopic (exact) mass is 414 g/mol. The molecule has 1 N–H and O–H groups in total. The van der Waals surface area contributed by atoms with E-state index in [1.807, 2.05) is 43.3 Å². The van der Waals surface area contributed by atoms with Gasteiger partial charge in [0.15, 0.2) is 0 Å². The summed E-state index contributed by atoms with van der Waals surface area (Å²) in [6.45, 7) is 6.61. The number of hydrogen-bond donors (Lipinski definition) is 1. The Balaban J connectivity index is 1.87. The van der Waals surface area contributed by atoms with E-state index in [1.54, 1.807) is 12.1 Å². The number of sulfonamides is 1. The molecule has 0 saturated carbocycles. The Labute approximate surface area is 174 Å².